The van der Waals surface area contributed by atoms with Gasteiger partial charge in [-0.05, 0) is 42.7 Å². The van der Waals surface area contributed by atoms with E-state index in [1.807, 2.05) is 30.3 Å². The number of hydrogen-bond donors (Lipinski definition) is 1. The molecule has 1 aliphatic rings. The zero-order valence-corrected chi connectivity index (χ0v) is 17.5. The van der Waals surface area contributed by atoms with E-state index in [1.165, 1.54) is 0 Å². The van der Waals surface area contributed by atoms with Gasteiger partial charge < -0.3 is 9.84 Å². The lowest BCUT2D eigenvalue weighted by Crippen LogP contribution is -2.21. The fraction of sp³-hybridized carbons (Fsp3) is 0.375. The lowest BCUT2D eigenvalue weighted by molar-refractivity contribution is 0.140. The Morgan fingerprint density at radius 2 is 2.00 bits per heavy atom. The summed E-state index contributed by atoms with van der Waals surface area (Å²) in [6.07, 6.45) is 1.40. The van der Waals surface area contributed by atoms with Crippen LogP contribution in [0.2, 0.25) is 5.02 Å². The van der Waals surface area contributed by atoms with Crippen LogP contribution in [0.15, 0.2) is 54.6 Å². The number of aliphatic hydroxyl groups excluding tert-OH is 1. The maximum Gasteiger partial charge on any atom is 0.137 e. The minimum Gasteiger partial charge on any atom is -0.492 e. The van der Waals surface area contributed by atoms with Crippen molar-refractivity contribution in [2.45, 2.75) is 32.4 Å². The van der Waals surface area contributed by atoms with Crippen molar-refractivity contribution in [1.82, 2.24) is 9.88 Å². The maximum absolute atomic E-state index is 10.6. The second-order valence-electron chi connectivity index (χ2n) is 7.83. The molecule has 0 saturated carbocycles. The number of aromatic nitrogens is 1. The zero-order chi connectivity index (χ0) is 20.2. The molecule has 152 valence electrons. The fourth-order valence-electron chi connectivity index (χ4n) is 3.99. The average molecular weight is 411 g/mol. The molecule has 29 heavy (non-hydrogen) atoms. The highest BCUT2D eigenvalue weighted by molar-refractivity contribution is 6.32. The number of benzene rings is 2. The molecule has 1 saturated heterocycles. The molecule has 4 rings (SSSR count). The van der Waals surface area contributed by atoms with Crippen LogP contribution in [0.3, 0.4) is 0 Å². The number of nitrogens with zero attached hydrogens (tertiary/aromatic N) is 2. The number of fused-ring (bicyclic) bond motifs is 1. The van der Waals surface area contributed by atoms with Gasteiger partial charge in [-0.15, -0.1) is 0 Å². The maximum atomic E-state index is 10.6. The lowest BCUT2D eigenvalue weighted by Gasteiger charge is -2.16. The molecule has 0 unspecified atom stereocenters. The predicted molar refractivity (Wildman–Crippen MR) is 117 cm³/mol. The quantitative estimate of drug-likeness (QED) is 0.612. The van der Waals surface area contributed by atoms with E-state index in [-0.39, 0.29) is 12.0 Å². The molecule has 4 nitrogen and oxygen atoms in total. The standard InChI is InChI=1S/C24H27ClN2O2/c1-2-11-29-24-10-7-17(12-21(24)25)14-27-15-19(23(28)16-27)13-20-9-8-18-5-3-4-6-22(18)26-20/h3-10,12,19,23,28H,2,11,13-16H2,1H3/t19-,23-/m1/s1. The van der Waals surface area contributed by atoms with E-state index in [9.17, 15) is 5.11 Å². The molecular formula is C24H27ClN2O2. The molecule has 1 N–H and O–H groups in total. The summed E-state index contributed by atoms with van der Waals surface area (Å²) < 4.78 is 5.65. The van der Waals surface area contributed by atoms with Crippen LogP contribution >= 0.6 is 11.6 Å². The number of pyridine rings is 1. The van der Waals surface area contributed by atoms with Crippen molar-refractivity contribution in [2.24, 2.45) is 5.92 Å². The van der Waals surface area contributed by atoms with Gasteiger partial charge in [-0.1, -0.05) is 48.9 Å². The molecule has 2 atom stereocenters. The fourth-order valence-corrected chi connectivity index (χ4v) is 4.25. The Bertz CT molecular complexity index is 978. The summed E-state index contributed by atoms with van der Waals surface area (Å²) in [5.74, 6) is 0.922. The molecule has 1 fully saturated rings. The van der Waals surface area contributed by atoms with Gasteiger partial charge in [0.2, 0.25) is 0 Å². The van der Waals surface area contributed by atoms with Crippen LogP contribution in [-0.4, -0.2) is 40.8 Å². The van der Waals surface area contributed by atoms with Crippen LogP contribution in [-0.2, 0) is 13.0 Å². The van der Waals surface area contributed by atoms with Crippen molar-refractivity contribution >= 4 is 22.5 Å². The highest BCUT2D eigenvalue weighted by atomic mass is 35.5. The number of rotatable bonds is 7. The average Bonchev–Trinajstić information content (AvgIpc) is 3.06. The highest BCUT2D eigenvalue weighted by Gasteiger charge is 2.31. The first-order valence-electron chi connectivity index (χ1n) is 10.3. The molecule has 3 aromatic rings. The molecule has 0 amide bonds. The molecule has 1 aliphatic heterocycles. The molecule has 0 bridgehead atoms. The molecule has 1 aromatic heterocycles. The van der Waals surface area contributed by atoms with Crippen molar-refractivity contribution in [3.8, 4) is 5.75 Å². The zero-order valence-electron chi connectivity index (χ0n) is 16.7. The summed E-state index contributed by atoms with van der Waals surface area (Å²) in [5.41, 5.74) is 3.18. The molecule has 5 heteroatoms. The Hall–Kier alpha value is -2.14. The minimum absolute atomic E-state index is 0.186. The van der Waals surface area contributed by atoms with Gasteiger partial charge in [-0.25, -0.2) is 0 Å². The number of para-hydroxylation sites is 1. The molecule has 2 heterocycles. The number of β-amino-alcohol motifs (C(OH)–C–C–N with tert-alkyl or cyclic N) is 1. The van der Waals surface area contributed by atoms with Crippen LogP contribution in [0.5, 0.6) is 5.75 Å². The second kappa shape index (κ2) is 9.12. The smallest absolute Gasteiger partial charge is 0.137 e. The third-order valence-corrected chi connectivity index (χ3v) is 5.77. The molecule has 2 aromatic carbocycles. The van der Waals surface area contributed by atoms with Crippen LogP contribution in [0.25, 0.3) is 10.9 Å². The van der Waals surface area contributed by atoms with E-state index in [1.54, 1.807) is 0 Å². The van der Waals surface area contributed by atoms with Gasteiger partial charge in [0, 0.05) is 36.6 Å². The van der Waals surface area contributed by atoms with Gasteiger partial charge in [0.05, 0.1) is 23.3 Å². The van der Waals surface area contributed by atoms with E-state index < -0.39 is 0 Å². The monoisotopic (exact) mass is 410 g/mol. The van der Waals surface area contributed by atoms with Crippen LogP contribution in [0.4, 0.5) is 0 Å². The van der Waals surface area contributed by atoms with E-state index in [2.05, 4.69) is 36.1 Å². The first kappa shape index (κ1) is 20.1. The van der Waals surface area contributed by atoms with Crippen molar-refractivity contribution in [3.05, 3.63) is 70.9 Å². The van der Waals surface area contributed by atoms with Crippen molar-refractivity contribution in [3.63, 3.8) is 0 Å². The Morgan fingerprint density at radius 3 is 2.83 bits per heavy atom. The van der Waals surface area contributed by atoms with Gasteiger partial charge in [-0.3, -0.25) is 9.88 Å². The van der Waals surface area contributed by atoms with Gasteiger partial charge in [0.25, 0.3) is 0 Å². The molecule has 0 spiro atoms. The van der Waals surface area contributed by atoms with E-state index in [0.29, 0.717) is 18.2 Å². The first-order valence-corrected chi connectivity index (χ1v) is 10.7. The molecule has 0 radical (unpaired) electrons. The van der Waals surface area contributed by atoms with E-state index >= 15 is 0 Å². The normalized spacial score (nSPS) is 19.7. The van der Waals surface area contributed by atoms with Gasteiger partial charge in [-0.2, -0.15) is 0 Å². The van der Waals surface area contributed by atoms with E-state index in [0.717, 1.165) is 53.8 Å². The summed E-state index contributed by atoms with van der Waals surface area (Å²) in [4.78, 5) is 7.05. The second-order valence-corrected chi connectivity index (χ2v) is 8.24. The molecule has 0 aliphatic carbocycles. The van der Waals surface area contributed by atoms with Gasteiger partial charge >= 0.3 is 0 Å². The van der Waals surface area contributed by atoms with Crippen LogP contribution in [0.1, 0.15) is 24.6 Å². The first-order chi connectivity index (χ1) is 14.1. The minimum atomic E-state index is -0.342. The Kier molecular flexibility index (Phi) is 6.34. The third-order valence-electron chi connectivity index (χ3n) is 5.47. The van der Waals surface area contributed by atoms with Crippen molar-refractivity contribution in [1.29, 1.82) is 0 Å². The summed E-state index contributed by atoms with van der Waals surface area (Å²) in [5, 5.41) is 12.4. The summed E-state index contributed by atoms with van der Waals surface area (Å²) in [6.45, 7) is 5.03. The molecular weight excluding hydrogens is 384 g/mol. The van der Waals surface area contributed by atoms with Gasteiger partial charge in [0.1, 0.15) is 5.75 Å². The predicted octanol–water partition coefficient (Wildman–Crippen LogP) is 4.71. The van der Waals surface area contributed by atoms with Crippen LogP contribution in [0, 0.1) is 5.92 Å². The number of likely N-dealkylation sites (tertiary alicyclic amines) is 1. The summed E-state index contributed by atoms with van der Waals surface area (Å²) >= 11 is 6.36. The SMILES string of the molecule is CCCOc1ccc(CN2C[C@@H](Cc3ccc4ccccc4n3)[C@H](O)C2)cc1Cl. The van der Waals surface area contributed by atoms with Crippen LogP contribution < -0.4 is 4.74 Å². The largest absolute Gasteiger partial charge is 0.492 e. The number of aliphatic hydroxyl groups is 1. The van der Waals surface area contributed by atoms with Gasteiger partial charge in [0.15, 0.2) is 0 Å². The Balaban J connectivity index is 1.38. The Labute approximate surface area is 177 Å². The number of halogens is 1. The summed E-state index contributed by atoms with van der Waals surface area (Å²) in [7, 11) is 0. The number of ether oxygens (including phenoxy) is 1. The Morgan fingerprint density at radius 1 is 1.14 bits per heavy atom. The number of hydrogen-bond acceptors (Lipinski definition) is 4. The topological polar surface area (TPSA) is 45.6 Å². The van der Waals surface area contributed by atoms with Crippen molar-refractivity contribution in [2.75, 3.05) is 19.7 Å². The van der Waals surface area contributed by atoms with Crippen molar-refractivity contribution < 1.29 is 9.84 Å². The van der Waals surface area contributed by atoms with E-state index in [4.69, 9.17) is 21.3 Å². The third kappa shape index (κ3) is 4.89. The summed E-state index contributed by atoms with van der Waals surface area (Å²) in [6, 6.07) is 18.3. The highest BCUT2D eigenvalue weighted by Crippen LogP contribution is 2.28. The lowest BCUT2D eigenvalue weighted by atomic mass is 9.99.